The molecule has 0 radical (unpaired) electrons. The van der Waals surface area contributed by atoms with Crippen molar-refractivity contribution in [1.82, 2.24) is 9.97 Å². The first kappa shape index (κ1) is 30.0. The summed E-state index contributed by atoms with van der Waals surface area (Å²) in [6.07, 6.45) is -6.08. The van der Waals surface area contributed by atoms with Crippen molar-refractivity contribution in [2.45, 2.75) is 24.5 Å². The predicted octanol–water partition coefficient (Wildman–Crippen LogP) is 1.02. The van der Waals surface area contributed by atoms with Crippen molar-refractivity contribution in [2.24, 2.45) is 0 Å². The molecule has 0 bridgehead atoms. The van der Waals surface area contributed by atoms with Crippen LogP contribution in [0.1, 0.15) is 0 Å². The summed E-state index contributed by atoms with van der Waals surface area (Å²) in [7, 11) is 4.36. The van der Waals surface area contributed by atoms with Gasteiger partial charge in [-0.1, -0.05) is 11.6 Å². The molecular formula is C23H29ClFN3O9. The van der Waals surface area contributed by atoms with Crippen LogP contribution in [-0.2, 0) is 0 Å². The maximum atomic E-state index is 13.6. The minimum Gasteiger partial charge on any atom is -0.495 e. The van der Waals surface area contributed by atoms with Crippen molar-refractivity contribution in [3.8, 4) is 23.0 Å². The molecule has 0 fully saturated rings. The molecule has 204 valence electrons. The van der Waals surface area contributed by atoms with Gasteiger partial charge >= 0.3 is 0 Å². The molecule has 1 aromatic heterocycles. The van der Waals surface area contributed by atoms with E-state index >= 15 is 0 Å². The minimum atomic E-state index is -2.12. The van der Waals surface area contributed by atoms with Gasteiger partial charge in [-0.25, -0.2) is 14.4 Å². The van der Waals surface area contributed by atoms with Gasteiger partial charge < -0.3 is 50.2 Å². The van der Waals surface area contributed by atoms with Gasteiger partial charge in [0.05, 0.1) is 50.8 Å². The number of aliphatic hydroxyl groups excluding tert-OH is 4. The number of rotatable bonds is 12. The lowest BCUT2D eigenvalue weighted by Gasteiger charge is -2.28. The number of methoxy groups -OCH3 is 3. The fourth-order valence-electron chi connectivity index (χ4n) is 3.42. The number of halogens is 2. The Labute approximate surface area is 216 Å². The highest BCUT2D eigenvalue weighted by atomic mass is 35.5. The molecule has 3 aromatic rings. The zero-order valence-corrected chi connectivity index (χ0v) is 20.9. The van der Waals surface area contributed by atoms with E-state index in [1.54, 1.807) is 18.2 Å². The van der Waals surface area contributed by atoms with Gasteiger partial charge in [0.25, 0.3) is 0 Å². The molecule has 37 heavy (non-hydrogen) atoms. The second-order valence-corrected chi connectivity index (χ2v) is 7.98. The summed E-state index contributed by atoms with van der Waals surface area (Å²) in [5.41, 5.74) is 0.900. The molecule has 7 N–H and O–H groups in total. The molecule has 4 atom stereocenters. The van der Waals surface area contributed by atoms with Crippen LogP contribution >= 0.6 is 11.6 Å². The van der Waals surface area contributed by atoms with Crippen LogP contribution in [0.4, 0.5) is 15.9 Å². The Bertz CT molecular complexity index is 1190. The minimum absolute atomic E-state index is 0. The third kappa shape index (κ3) is 6.57. The number of anilines is 2. The topological polar surface area (TPSA) is 187 Å². The Balaban J connectivity index is 0.00000481. The first-order valence-electron chi connectivity index (χ1n) is 10.7. The molecular weight excluding hydrogens is 517 g/mol. The van der Waals surface area contributed by atoms with Gasteiger partial charge in [-0.2, -0.15) is 0 Å². The standard InChI is InChI=1S/C23H27ClFN3O8.H2O/c1-33-16-7-17(34-2)15(5-12(16)24)28-23-11-4-18(35-3)19(6-14(11)26-10-27-23)36-20(9-30)22(32)21(31)13(25)8-29;/h4-7,10,13,20-22,29-32H,8-9H2,1-3H3,(H,26,27,28);1H2/t13-,20-,21+,22+;/m1./s1. The fraction of sp³-hybridized carbons (Fsp3) is 0.391. The van der Waals surface area contributed by atoms with Crippen molar-refractivity contribution < 1.29 is 49.2 Å². The summed E-state index contributed by atoms with van der Waals surface area (Å²) < 4.78 is 35.3. The number of benzene rings is 2. The molecule has 0 aliphatic rings. The average Bonchev–Trinajstić information content (AvgIpc) is 2.90. The van der Waals surface area contributed by atoms with Crippen molar-refractivity contribution in [3.63, 3.8) is 0 Å². The second-order valence-electron chi connectivity index (χ2n) is 7.57. The zero-order valence-electron chi connectivity index (χ0n) is 20.2. The summed E-state index contributed by atoms with van der Waals surface area (Å²) in [4.78, 5) is 8.52. The summed E-state index contributed by atoms with van der Waals surface area (Å²) in [5.74, 6) is 1.49. The van der Waals surface area contributed by atoms with Gasteiger partial charge in [0, 0.05) is 17.5 Å². The Morgan fingerprint density at radius 2 is 1.57 bits per heavy atom. The van der Waals surface area contributed by atoms with E-state index in [0.717, 1.165) is 0 Å². The summed E-state index contributed by atoms with van der Waals surface area (Å²) >= 11 is 6.26. The first-order chi connectivity index (χ1) is 17.3. The number of aromatic nitrogens is 2. The van der Waals surface area contributed by atoms with E-state index in [1.165, 1.54) is 33.7 Å². The Morgan fingerprint density at radius 3 is 2.16 bits per heavy atom. The maximum absolute atomic E-state index is 13.6. The number of ether oxygens (including phenoxy) is 4. The summed E-state index contributed by atoms with van der Waals surface area (Å²) in [6, 6.07) is 6.27. The highest BCUT2D eigenvalue weighted by Gasteiger charge is 2.34. The molecule has 0 unspecified atom stereocenters. The molecule has 2 aromatic carbocycles. The lowest BCUT2D eigenvalue weighted by molar-refractivity contribution is -0.0981. The van der Waals surface area contributed by atoms with E-state index in [2.05, 4.69) is 15.3 Å². The van der Waals surface area contributed by atoms with Crippen LogP contribution in [0.2, 0.25) is 5.02 Å². The quantitative estimate of drug-likeness (QED) is 0.218. The van der Waals surface area contributed by atoms with Crippen molar-refractivity contribution in [3.05, 3.63) is 35.6 Å². The van der Waals surface area contributed by atoms with Crippen LogP contribution in [-0.4, -0.2) is 94.9 Å². The van der Waals surface area contributed by atoms with Gasteiger partial charge in [0.15, 0.2) is 23.8 Å². The largest absolute Gasteiger partial charge is 0.495 e. The molecule has 0 spiro atoms. The number of hydrogen-bond donors (Lipinski definition) is 5. The molecule has 0 saturated carbocycles. The summed E-state index contributed by atoms with van der Waals surface area (Å²) in [5, 5.41) is 42.7. The average molecular weight is 546 g/mol. The first-order valence-corrected chi connectivity index (χ1v) is 11.1. The van der Waals surface area contributed by atoms with E-state index in [0.29, 0.717) is 38.9 Å². The number of nitrogens with zero attached hydrogens (tertiary/aromatic N) is 2. The SMILES string of the molecule is COc1cc(OC)c(Nc2ncnc3cc(O[C@H](CO)[C@H](O)[C@@H](O)[C@H](F)CO)c(OC)cc23)cc1Cl.O. The Morgan fingerprint density at radius 1 is 0.892 bits per heavy atom. The van der Waals surface area contributed by atoms with Crippen molar-refractivity contribution >= 4 is 34.0 Å². The van der Waals surface area contributed by atoms with E-state index in [-0.39, 0.29) is 17.0 Å². The molecule has 0 aliphatic heterocycles. The van der Waals surface area contributed by atoms with Gasteiger partial charge in [0.2, 0.25) is 0 Å². The Kier molecular flexibility index (Phi) is 10.9. The van der Waals surface area contributed by atoms with Crippen LogP contribution in [0.5, 0.6) is 23.0 Å². The third-order valence-corrected chi connectivity index (χ3v) is 5.68. The van der Waals surface area contributed by atoms with Gasteiger partial charge in [-0.05, 0) is 12.1 Å². The maximum Gasteiger partial charge on any atom is 0.164 e. The van der Waals surface area contributed by atoms with E-state index < -0.39 is 37.7 Å². The number of hydrogen-bond acceptors (Lipinski definition) is 11. The zero-order chi connectivity index (χ0) is 26.4. The molecule has 14 heteroatoms. The van der Waals surface area contributed by atoms with Crippen LogP contribution in [0.15, 0.2) is 30.6 Å². The van der Waals surface area contributed by atoms with Crippen LogP contribution in [0.3, 0.4) is 0 Å². The second kappa shape index (κ2) is 13.4. The third-order valence-electron chi connectivity index (χ3n) is 5.38. The molecule has 3 rings (SSSR count). The van der Waals surface area contributed by atoms with Crippen LogP contribution < -0.4 is 24.3 Å². The Hall–Kier alpha value is -3.20. The van der Waals surface area contributed by atoms with Gasteiger partial charge in [-0.15, -0.1) is 0 Å². The molecule has 0 aliphatic carbocycles. The van der Waals surface area contributed by atoms with Crippen molar-refractivity contribution in [2.75, 3.05) is 39.9 Å². The molecule has 0 saturated heterocycles. The summed E-state index contributed by atoms with van der Waals surface area (Å²) in [6.45, 7) is -1.77. The van der Waals surface area contributed by atoms with E-state index in [4.69, 9.17) is 35.7 Å². The fourth-order valence-corrected chi connectivity index (χ4v) is 3.66. The molecule has 1 heterocycles. The van der Waals surface area contributed by atoms with Crippen LogP contribution in [0, 0.1) is 0 Å². The number of aliphatic hydroxyl groups is 4. The van der Waals surface area contributed by atoms with E-state index in [9.17, 15) is 19.7 Å². The lowest BCUT2D eigenvalue weighted by atomic mass is 10.0. The number of fused-ring (bicyclic) bond motifs is 1. The monoisotopic (exact) mass is 545 g/mol. The van der Waals surface area contributed by atoms with Gasteiger partial charge in [0.1, 0.15) is 35.9 Å². The highest BCUT2D eigenvalue weighted by Crippen LogP contribution is 2.40. The normalized spacial score (nSPS) is 14.2. The smallest absolute Gasteiger partial charge is 0.164 e. The predicted molar refractivity (Wildman–Crippen MR) is 133 cm³/mol. The van der Waals surface area contributed by atoms with E-state index in [1.807, 2.05) is 0 Å². The lowest BCUT2D eigenvalue weighted by Crippen LogP contribution is -2.48. The van der Waals surface area contributed by atoms with Crippen molar-refractivity contribution in [1.29, 1.82) is 0 Å². The van der Waals surface area contributed by atoms with Crippen LogP contribution in [0.25, 0.3) is 10.9 Å². The highest BCUT2D eigenvalue weighted by molar-refractivity contribution is 6.32. The number of alkyl halides is 1. The van der Waals surface area contributed by atoms with Gasteiger partial charge in [-0.3, -0.25) is 0 Å². The number of nitrogens with one attached hydrogen (secondary N) is 1. The molecule has 12 nitrogen and oxygen atoms in total. The molecule has 0 amide bonds.